The van der Waals surface area contributed by atoms with Crippen molar-refractivity contribution in [3.63, 3.8) is 0 Å². The van der Waals surface area contributed by atoms with Crippen LogP contribution in [0.25, 0.3) is 0 Å². The van der Waals surface area contributed by atoms with Gasteiger partial charge in [0.25, 0.3) is 0 Å². The van der Waals surface area contributed by atoms with Crippen molar-refractivity contribution in [2.24, 2.45) is 0 Å². The number of nitrogens with one attached hydrogen (secondary N) is 1. The summed E-state index contributed by atoms with van der Waals surface area (Å²) in [5, 5.41) is 2.82. The Morgan fingerprint density at radius 2 is 2.14 bits per heavy atom. The van der Waals surface area contributed by atoms with E-state index in [1.54, 1.807) is 11.8 Å². The summed E-state index contributed by atoms with van der Waals surface area (Å²) in [6.07, 6.45) is 2.19. The second kappa shape index (κ2) is 7.55. The molecule has 1 N–H and O–H groups in total. The Labute approximate surface area is 123 Å². The Morgan fingerprint density at radius 1 is 1.48 bits per heavy atom. The Hall–Kier alpha value is -1.42. The number of terminal acetylenes is 1. The van der Waals surface area contributed by atoms with Crippen LogP contribution in [0.3, 0.4) is 0 Å². The molecule has 4 nitrogen and oxygen atoms in total. The number of rotatable bonds is 4. The Balaban J connectivity index is 2.50. The summed E-state index contributed by atoms with van der Waals surface area (Å²) in [6, 6.07) is -0.666. The van der Waals surface area contributed by atoms with Gasteiger partial charge in [-0.15, -0.1) is 12.3 Å². The average molecular weight is 305 g/mol. The van der Waals surface area contributed by atoms with Crippen molar-refractivity contribution >= 4 is 6.03 Å². The normalized spacial score (nSPS) is 21.7. The Morgan fingerprint density at radius 3 is 2.62 bits per heavy atom. The minimum Gasteiger partial charge on any atom is -0.334 e. The number of alkyl halides is 3. The minimum absolute atomic E-state index is 0.0917. The summed E-state index contributed by atoms with van der Waals surface area (Å²) in [6.45, 7) is 3.49. The fourth-order valence-electron chi connectivity index (χ4n) is 2.35. The van der Waals surface area contributed by atoms with Crippen LogP contribution < -0.4 is 5.32 Å². The van der Waals surface area contributed by atoms with E-state index in [9.17, 15) is 18.0 Å². The highest BCUT2D eigenvalue weighted by atomic mass is 19.4. The lowest BCUT2D eigenvalue weighted by atomic mass is 10.1. The lowest BCUT2D eigenvalue weighted by molar-refractivity contribution is -0.153. The molecule has 1 fully saturated rings. The van der Waals surface area contributed by atoms with E-state index in [4.69, 9.17) is 6.42 Å². The van der Waals surface area contributed by atoms with E-state index in [0.717, 1.165) is 6.42 Å². The molecule has 0 aromatic rings. The van der Waals surface area contributed by atoms with Crippen molar-refractivity contribution in [1.82, 2.24) is 15.1 Å². The van der Waals surface area contributed by atoms with Gasteiger partial charge in [-0.1, -0.05) is 6.92 Å². The van der Waals surface area contributed by atoms with Gasteiger partial charge in [0, 0.05) is 38.1 Å². The molecule has 0 aromatic carbocycles. The van der Waals surface area contributed by atoms with Crippen molar-refractivity contribution in [3.8, 4) is 12.3 Å². The maximum Gasteiger partial charge on any atom is 0.401 e. The molecule has 1 aliphatic heterocycles. The highest BCUT2D eigenvalue weighted by molar-refractivity contribution is 5.74. The number of carbonyl (C=O) groups excluding carboxylic acids is 1. The third-order valence-electron chi connectivity index (χ3n) is 3.62. The van der Waals surface area contributed by atoms with E-state index < -0.39 is 12.7 Å². The van der Waals surface area contributed by atoms with Crippen molar-refractivity contribution in [3.05, 3.63) is 0 Å². The summed E-state index contributed by atoms with van der Waals surface area (Å²) in [7, 11) is 0. The minimum atomic E-state index is -4.21. The number of urea groups is 1. The van der Waals surface area contributed by atoms with Crippen molar-refractivity contribution in [2.45, 2.75) is 44.9 Å². The molecular weight excluding hydrogens is 283 g/mol. The number of amides is 2. The summed E-state index contributed by atoms with van der Waals surface area (Å²) < 4.78 is 37.3. The van der Waals surface area contributed by atoms with Crippen LogP contribution in [0.4, 0.5) is 18.0 Å². The van der Waals surface area contributed by atoms with Crippen LogP contribution in [-0.2, 0) is 0 Å². The Kier molecular flexibility index (Phi) is 6.34. The molecule has 7 heteroatoms. The zero-order valence-corrected chi connectivity index (χ0v) is 12.4. The molecule has 1 aliphatic rings. The van der Waals surface area contributed by atoms with Crippen LogP contribution in [0.2, 0.25) is 0 Å². The van der Waals surface area contributed by atoms with Gasteiger partial charge in [-0.2, -0.15) is 13.2 Å². The summed E-state index contributed by atoms with van der Waals surface area (Å²) in [5.41, 5.74) is 0. The molecule has 1 heterocycles. The molecule has 21 heavy (non-hydrogen) atoms. The molecule has 120 valence electrons. The largest absolute Gasteiger partial charge is 0.401 e. The topological polar surface area (TPSA) is 35.6 Å². The molecular formula is C14H22F3N3O. The lowest BCUT2D eigenvalue weighted by Gasteiger charge is -2.40. The van der Waals surface area contributed by atoms with E-state index in [2.05, 4.69) is 11.2 Å². The predicted octanol–water partition coefficient (Wildman–Crippen LogP) is 2.07. The van der Waals surface area contributed by atoms with Gasteiger partial charge in [-0.05, 0) is 13.3 Å². The third kappa shape index (κ3) is 5.84. The number of hydrogen-bond donors (Lipinski definition) is 1. The number of hydrogen-bond acceptors (Lipinski definition) is 2. The van der Waals surface area contributed by atoms with Gasteiger partial charge in [-0.3, -0.25) is 4.90 Å². The molecule has 1 rings (SSSR count). The smallest absolute Gasteiger partial charge is 0.334 e. The first-order valence-corrected chi connectivity index (χ1v) is 7.06. The fraction of sp³-hybridized carbons (Fsp3) is 0.786. The average Bonchev–Trinajstić information content (AvgIpc) is 2.39. The number of halogens is 3. The van der Waals surface area contributed by atoms with Crippen LogP contribution in [0.15, 0.2) is 0 Å². The van der Waals surface area contributed by atoms with Gasteiger partial charge in [0.15, 0.2) is 0 Å². The number of nitrogens with zero attached hydrogens (tertiary/aromatic N) is 2. The maximum atomic E-state index is 12.4. The highest BCUT2D eigenvalue weighted by Gasteiger charge is 2.36. The first-order valence-electron chi connectivity index (χ1n) is 7.06. The van der Waals surface area contributed by atoms with Gasteiger partial charge in [-0.25, -0.2) is 4.79 Å². The van der Waals surface area contributed by atoms with Crippen LogP contribution in [-0.4, -0.2) is 60.3 Å². The monoisotopic (exact) mass is 305 g/mol. The summed E-state index contributed by atoms with van der Waals surface area (Å²) in [5.74, 6) is 2.50. The van der Waals surface area contributed by atoms with Gasteiger partial charge >= 0.3 is 12.2 Å². The summed E-state index contributed by atoms with van der Waals surface area (Å²) >= 11 is 0. The first-order chi connectivity index (χ1) is 9.76. The SMILES string of the molecule is C#CC[C@@H](CC)NC(=O)N1CCN(CC(F)(F)F)[C@H](C)C1. The molecule has 2 atom stereocenters. The van der Waals surface area contributed by atoms with Crippen LogP contribution in [0.5, 0.6) is 0 Å². The fourth-order valence-corrected chi connectivity index (χ4v) is 2.35. The van der Waals surface area contributed by atoms with Crippen LogP contribution in [0.1, 0.15) is 26.7 Å². The molecule has 0 unspecified atom stereocenters. The van der Waals surface area contributed by atoms with Crippen LogP contribution in [0, 0.1) is 12.3 Å². The maximum absolute atomic E-state index is 12.4. The van der Waals surface area contributed by atoms with E-state index >= 15 is 0 Å². The standard InChI is InChI=1S/C14H22F3N3O/c1-4-6-12(5-2)18-13(21)19-7-8-20(11(3)9-19)10-14(15,16)17/h1,11-12H,5-10H2,2-3H3,(H,18,21)/t11-,12-/m1/s1. The molecule has 0 spiro atoms. The van der Waals surface area contributed by atoms with Gasteiger partial charge in [0.2, 0.25) is 0 Å². The van der Waals surface area contributed by atoms with Crippen molar-refractivity contribution < 1.29 is 18.0 Å². The van der Waals surface area contributed by atoms with E-state index in [1.165, 1.54) is 4.90 Å². The zero-order valence-electron chi connectivity index (χ0n) is 12.4. The molecule has 1 saturated heterocycles. The molecule has 0 saturated carbocycles. The number of piperazine rings is 1. The second-order valence-electron chi connectivity index (χ2n) is 5.34. The second-order valence-corrected chi connectivity index (χ2v) is 5.34. The predicted molar refractivity (Wildman–Crippen MR) is 74.7 cm³/mol. The number of carbonyl (C=O) groups is 1. The van der Waals surface area contributed by atoms with Crippen molar-refractivity contribution in [1.29, 1.82) is 0 Å². The zero-order chi connectivity index (χ0) is 16.0. The van der Waals surface area contributed by atoms with Crippen LogP contribution >= 0.6 is 0 Å². The highest BCUT2D eigenvalue weighted by Crippen LogP contribution is 2.20. The van der Waals surface area contributed by atoms with Gasteiger partial charge in [0.05, 0.1) is 6.54 Å². The van der Waals surface area contributed by atoms with Crippen molar-refractivity contribution in [2.75, 3.05) is 26.2 Å². The first kappa shape index (κ1) is 17.6. The molecule has 0 aliphatic carbocycles. The molecule has 0 bridgehead atoms. The van der Waals surface area contributed by atoms with Gasteiger partial charge < -0.3 is 10.2 Å². The molecule has 2 amide bonds. The summed E-state index contributed by atoms with van der Waals surface area (Å²) in [4.78, 5) is 15.0. The molecule has 0 aromatic heterocycles. The van der Waals surface area contributed by atoms with E-state index in [0.29, 0.717) is 13.0 Å². The van der Waals surface area contributed by atoms with E-state index in [-0.39, 0.29) is 31.2 Å². The molecule has 0 radical (unpaired) electrons. The quantitative estimate of drug-likeness (QED) is 0.807. The lowest BCUT2D eigenvalue weighted by Crippen LogP contribution is -2.58. The van der Waals surface area contributed by atoms with E-state index in [1.807, 2.05) is 6.92 Å². The van der Waals surface area contributed by atoms with Gasteiger partial charge in [0.1, 0.15) is 0 Å². The third-order valence-corrected chi connectivity index (χ3v) is 3.62. The Bertz CT molecular complexity index is 392.